The fourth-order valence-electron chi connectivity index (χ4n) is 1.69. The summed E-state index contributed by atoms with van der Waals surface area (Å²) in [6.45, 7) is 5.83. The third-order valence-corrected chi connectivity index (χ3v) is 4.50. The first-order valence-electron chi connectivity index (χ1n) is 6.93. The van der Waals surface area contributed by atoms with Crippen molar-refractivity contribution in [2.24, 2.45) is 5.92 Å². The molecule has 2 heterocycles. The zero-order valence-electron chi connectivity index (χ0n) is 12.6. The van der Waals surface area contributed by atoms with Crippen LogP contribution in [0.2, 0.25) is 0 Å². The summed E-state index contributed by atoms with van der Waals surface area (Å²) in [4.78, 5) is 24.5. The molecule has 0 aromatic carbocycles. The lowest BCUT2D eigenvalue weighted by atomic mass is 10.1. The van der Waals surface area contributed by atoms with Gasteiger partial charge >= 0.3 is 0 Å². The summed E-state index contributed by atoms with van der Waals surface area (Å²) < 4.78 is 0. The Labute approximate surface area is 137 Å². The van der Waals surface area contributed by atoms with E-state index in [0.29, 0.717) is 15.9 Å². The van der Waals surface area contributed by atoms with E-state index in [-0.39, 0.29) is 11.8 Å². The zero-order valence-corrected chi connectivity index (χ0v) is 14.3. The van der Waals surface area contributed by atoms with Gasteiger partial charge in [-0.3, -0.25) is 14.9 Å². The average molecular weight is 338 g/mol. The number of rotatable bonds is 6. The molecule has 2 rings (SSSR count). The topological polar surface area (TPSA) is 84.0 Å². The van der Waals surface area contributed by atoms with Gasteiger partial charge in [0, 0.05) is 6.42 Å². The van der Waals surface area contributed by atoms with Crippen LogP contribution in [-0.2, 0) is 11.2 Å². The minimum atomic E-state index is -0.646. The summed E-state index contributed by atoms with van der Waals surface area (Å²) in [5.41, 5.74) is 0. The van der Waals surface area contributed by atoms with Gasteiger partial charge < -0.3 is 5.32 Å². The van der Waals surface area contributed by atoms with Gasteiger partial charge in [0.25, 0.3) is 5.91 Å². The summed E-state index contributed by atoms with van der Waals surface area (Å²) in [5.74, 6) is -0.0759. The minimum absolute atomic E-state index is 0.254. The molecule has 1 atom stereocenters. The summed E-state index contributed by atoms with van der Waals surface area (Å²) >= 11 is 2.69. The molecule has 0 aliphatic heterocycles. The van der Waals surface area contributed by atoms with E-state index in [1.807, 2.05) is 5.38 Å². The van der Waals surface area contributed by atoms with Crippen LogP contribution in [0.3, 0.4) is 0 Å². The maximum atomic E-state index is 12.1. The third-order valence-electron chi connectivity index (χ3n) is 2.77. The van der Waals surface area contributed by atoms with E-state index in [2.05, 4.69) is 34.7 Å². The monoisotopic (exact) mass is 338 g/mol. The SMILES string of the molecule is CC(C)Cc1nnc(NC(=O)[C@@H](C)NC(=O)c2cccs2)s1. The molecule has 8 heteroatoms. The molecule has 0 spiro atoms. The Kier molecular flexibility index (Phi) is 5.62. The van der Waals surface area contributed by atoms with Crippen molar-refractivity contribution in [1.82, 2.24) is 15.5 Å². The predicted molar refractivity (Wildman–Crippen MR) is 88.3 cm³/mol. The summed E-state index contributed by atoms with van der Waals surface area (Å²) in [7, 11) is 0. The van der Waals surface area contributed by atoms with Gasteiger partial charge in [0.05, 0.1) is 4.88 Å². The number of hydrogen-bond donors (Lipinski definition) is 2. The molecule has 0 radical (unpaired) electrons. The van der Waals surface area contributed by atoms with Crippen molar-refractivity contribution >= 4 is 39.6 Å². The maximum Gasteiger partial charge on any atom is 0.261 e. The third kappa shape index (κ3) is 4.60. The fraction of sp³-hybridized carbons (Fsp3) is 0.429. The highest BCUT2D eigenvalue weighted by atomic mass is 32.1. The molecule has 0 aliphatic carbocycles. The molecule has 2 amide bonds. The lowest BCUT2D eigenvalue weighted by molar-refractivity contribution is -0.117. The van der Waals surface area contributed by atoms with Gasteiger partial charge in [-0.15, -0.1) is 21.5 Å². The van der Waals surface area contributed by atoms with Crippen molar-refractivity contribution in [2.75, 3.05) is 5.32 Å². The van der Waals surface area contributed by atoms with Crippen molar-refractivity contribution in [3.63, 3.8) is 0 Å². The van der Waals surface area contributed by atoms with Crippen LogP contribution in [0.1, 0.15) is 35.5 Å². The lowest BCUT2D eigenvalue weighted by Gasteiger charge is -2.11. The van der Waals surface area contributed by atoms with E-state index in [4.69, 9.17) is 0 Å². The van der Waals surface area contributed by atoms with Crippen LogP contribution in [0, 0.1) is 5.92 Å². The second-order valence-electron chi connectivity index (χ2n) is 5.26. The Morgan fingerprint density at radius 1 is 1.27 bits per heavy atom. The summed E-state index contributed by atoms with van der Waals surface area (Å²) in [6.07, 6.45) is 0.832. The number of carbonyl (C=O) groups excluding carboxylic acids is 2. The van der Waals surface area contributed by atoms with Crippen molar-refractivity contribution in [1.29, 1.82) is 0 Å². The predicted octanol–water partition coefficient (Wildman–Crippen LogP) is 2.56. The molecule has 2 aromatic rings. The first-order valence-corrected chi connectivity index (χ1v) is 8.63. The largest absolute Gasteiger partial charge is 0.340 e. The van der Waals surface area contributed by atoms with Gasteiger partial charge in [-0.05, 0) is 24.3 Å². The molecule has 0 bridgehead atoms. The molecular weight excluding hydrogens is 320 g/mol. The van der Waals surface area contributed by atoms with Gasteiger partial charge in [0.2, 0.25) is 11.0 Å². The van der Waals surface area contributed by atoms with Gasteiger partial charge in [0.15, 0.2) is 0 Å². The highest BCUT2D eigenvalue weighted by Gasteiger charge is 2.18. The van der Waals surface area contributed by atoms with Gasteiger partial charge in [-0.25, -0.2) is 0 Å². The molecule has 6 nitrogen and oxygen atoms in total. The number of nitrogens with zero attached hydrogens (tertiary/aromatic N) is 2. The number of thiophene rings is 1. The summed E-state index contributed by atoms with van der Waals surface area (Å²) in [6, 6.07) is 2.86. The molecule has 0 saturated heterocycles. The Balaban J connectivity index is 1.88. The molecule has 2 aromatic heterocycles. The quantitative estimate of drug-likeness (QED) is 0.848. The molecule has 0 unspecified atom stereocenters. The average Bonchev–Trinajstić information content (AvgIpc) is 3.09. The van der Waals surface area contributed by atoms with Gasteiger partial charge in [0.1, 0.15) is 11.0 Å². The van der Waals surface area contributed by atoms with Crippen LogP contribution in [0.5, 0.6) is 0 Å². The molecule has 0 fully saturated rings. The van der Waals surface area contributed by atoms with Crippen LogP contribution in [0.25, 0.3) is 0 Å². The maximum absolute atomic E-state index is 12.1. The van der Waals surface area contributed by atoms with Crippen LogP contribution in [0.15, 0.2) is 17.5 Å². The highest BCUT2D eigenvalue weighted by Crippen LogP contribution is 2.18. The first-order chi connectivity index (χ1) is 10.5. The van der Waals surface area contributed by atoms with E-state index in [9.17, 15) is 9.59 Å². The number of anilines is 1. The van der Waals surface area contributed by atoms with E-state index in [1.165, 1.54) is 22.7 Å². The van der Waals surface area contributed by atoms with Gasteiger partial charge in [-0.1, -0.05) is 31.3 Å². The molecule has 0 saturated carbocycles. The Morgan fingerprint density at radius 2 is 2.05 bits per heavy atom. The summed E-state index contributed by atoms with van der Waals surface area (Å²) in [5, 5.41) is 16.5. The van der Waals surface area contributed by atoms with Crippen molar-refractivity contribution in [3.05, 3.63) is 27.4 Å². The lowest BCUT2D eigenvalue weighted by Crippen LogP contribution is -2.41. The molecule has 0 aliphatic rings. The number of carbonyl (C=O) groups is 2. The molecular formula is C14H18N4O2S2. The minimum Gasteiger partial charge on any atom is -0.340 e. The second kappa shape index (κ2) is 7.46. The number of aromatic nitrogens is 2. The van der Waals surface area contributed by atoms with Gasteiger partial charge in [-0.2, -0.15) is 0 Å². The Bertz CT molecular complexity index is 637. The van der Waals surface area contributed by atoms with Crippen molar-refractivity contribution in [2.45, 2.75) is 33.2 Å². The van der Waals surface area contributed by atoms with Crippen molar-refractivity contribution in [3.8, 4) is 0 Å². The van der Waals surface area contributed by atoms with E-state index in [1.54, 1.807) is 19.1 Å². The molecule has 118 valence electrons. The standard InChI is InChI=1S/C14H18N4O2S2/c1-8(2)7-11-17-18-14(22-11)16-12(19)9(3)15-13(20)10-5-4-6-21-10/h4-6,8-9H,7H2,1-3H3,(H,15,20)(H,16,18,19)/t9-/m1/s1. The fourth-order valence-corrected chi connectivity index (χ4v) is 3.27. The smallest absolute Gasteiger partial charge is 0.261 e. The van der Waals surface area contributed by atoms with Crippen LogP contribution >= 0.6 is 22.7 Å². The van der Waals surface area contributed by atoms with E-state index < -0.39 is 6.04 Å². The number of amides is 2. The normalized spacial score (nSPS) is 12.2. The van der Waals surface area contributed by atoms with Crippen molar-refractivity contribution < 1.29 is 9.59 Å². The first kappa shape index (κ1) is 16.6. The second-order valence-corrected chi connectivity index (χ2v) is 7.27. The molecule has 22 heavy (non-hydrogen) atoms. The van der Waals surface area contributed by atoms with Crippen LogP contribution < -0.4 is 10.6 Å². The van der Waals surface area contributed by atoms with Crippen LogP contribution in [0.4, 0.5) is 5.13 Å². The number of hydrogen-bond acceptors (Lipinski definition) is 6. The zero-order chi connectivity index (χ0) is 16.1. The number of nitrogens with one attached hydrogen (secondary N) is 2. The Hall–Kier alpha value is -1.80. The van der Waals surface area contributed by atoms with E-state index in [0.717, 1.165) is 11.4 Å². The highest BCUT2D eigenvalue weighted by molar-refractivity contribution is 7.15. The van der Waals surface area contributed by atoms with E-state index >= 15 is 0 Å². The van der Waals surface area contributed by atoms with Crippen LogP contribution in [-0.4, -0.2) is 28.1 Å². The molecule has 2 N–H and O–H groups in total. The Morgan fingerprint density at radius 3 is 2.68 bits per heavy atom.